The largest absolute Gasteiger partial charge is 0.351 e. The molecule has 0 aliphatic carbocycles. The Kier molecular flexibility index (Phi) is 6.48. The Bertz CT molecular complexity index is 542. The summed E-state index contributed by atoms with van der Waals surface area (Å²) >= 11 is 0. The smallest absolute Gasteiger partial charge is 0.271 e. The first-order valence-corrected chi connectivity index (χ1v) is 9.88. The van der Waals surface area contributed by atoms with Gasteiger partial charge in [-0.1, -0.05) is 13.8 Å². The fraction of sp³-hybridized carbons (Fsp3) is 0.789. The molecule has 140 valence electrons. The van der Waals surface area contributed by atoms with Crippen LogP contribution in [0.15, 0.2) is 12.3 Å². The summed E-state index contributed by atoms with van der Waals surface area (Å²) in [4.78, 5) is 14.8. The molecule has 0 bridgehead atoms. The molecule has 3 heterocycles. The van der Waals surface area contributed by atoms with Crippen LogP contribution >= 0.6 is 0 Å². The van der Waals surface area contributed by atoms with Gasteiger partial charge in [0.15, 0.2) is 0 Å². The van der Waals surface area contributed by atoms with E-state index in [2.05, 4.69) is 34.5 Å². The summed E-state index contributed by atoms with van der Waals surface area (Å²) < 4.78 is 1.94. The van der Waals surface area contributed by atoms with E-state index in [9.17, 15) is 4.79 Å². The van der Waals surface area contributed by atoms with Gasteiger partial charge in [-0.2, -0.15) is 5.10 Å². The molecular weight excluding hydrogens is 314 g/mol. The van der Waals surface area contributed by atoms with E-state index in [1.807, 2.05) is 16.9 Å². The topological polar surface area (TPSA) is 62.2 Å². The number of nitrogens with one attached hydrogen (secondary N) is 2. The molecule has 2 N–H and O–H groups in total. The summed E-state index contributed by atoms with van der Waals surface area (Å²) in [5.41, 5.74) is 0.533. The van der Waals surface area contributed by atoms with Crippen LogP contribution in [-0.2, 0) is 0 Å². The van der Waals surface area contributed by atoms with Crippen molar-refractivity contribution in [3.05, 3.63) is 18.0 Å². The molecule has 0 saturated carbocycles. The Morgan fingerprint density at radius 3 is 2.88 bits per heavy atom. The minimum Gasteiger partial charge on any atom is -0.351 e. The van der Waals surface area contributed by atoms with E-state index in [0.717, 1.165) is 50.9 Å². The molecule has 1 amide bonds. The molecule has 0 spiro atoms. The molecule has 3 atom stereocenters. The van der Waals surface area contributed by atoms with E-state index < -0.39 is 0 Å². The number of amides is 1. The molecule has 2 aliphatic heterocycles. The second-order valence-electron chi connectivity index (χ2n) is 8.00. The Balaban J connectivity index is 1.38. The Morgan fingerprint density at radius 1 is 1.36 bits per heavy atom. The lowest BCUT2D eigenvalue weighted by Gasteiger charge is -2.34. The highest BCUT2D eigenvalue weighted by Gasteiger charge is 2.21. The van der Waals surface area contributed by atoms with Crippen molar-refractivity contribution in [2.75, 3.05) is 39.3 Å². The molecule has 2 saturated heterocycles. The molecule has 3 unspecified atom stereocenters. The number of aromatic nitrogens is 2. The Hall–Kier alpha value is -1.40. The van der Waals surface area contributed by atoms with Crippen molar-refractivity contribution in [3.8, 4) is 0 Å². The summed E-state index contributed by atoms with van der Waals surface area (Å²) in [7, 11) is 0. The van der Waals surface area contributed by atoms with E-state index in [1.54, 1.807) is 0 Å². The van der Waals surface area contributed by atoms with Crippen LogP contribution in [0, 0.1) is 11.8 Å². The third-order valence-corrected chi connectivity index (χ3v) is 5.37. The Labute approximate surface area is 151 Å². The SMILES string of the molecule is CC1CC(C)CN(CCCNC(=O)c2ccn(C3CCCNC3)n2)C1. The third-order valence-electron chi connectivity index (χ3n) is 5.37. The number of hydrogen-bond acceptors (Lipinski definition) is 4. The lowest BCUT2D eigenvalue weighted by Crippen LogP contribution is -2.40. The molecule has 0 radical (unpaired) electrons. The van der Waals surface area contributed by atoms with Gasteiger partial charge in [-0.15, -0.1) is 0 Å². The van der Waals surface area contributed by atoms with Crippen molar-refractivity contribution in [3.63, 3.8) is 0 Å². The standard InChI is InChI=1S/C19H33N5O/c1-15-11-16(2)14-23(13-15)9-4-8-21-19(25)18-6-10-24(22-18)17-5-3-7-20-12-17/h6,10,15-17,20H,3-5,7-9,11-14H2,1-2H3,(H,21,25). The number of piperidine rings is 2. The minimum atomic E-state index is -0.0529. The maximum Gasteiger partial charge on any atom is 0.271 e. The van der Waals surface area contributed by atoms with E-state index in [-0.39, 0.29) is 5.91 Å². The van der Waals surface area contributed by atoms with Crippen LogP contribution in [0.3, 0.4) is 0 Å². The van der Waals surface area contributed by atoms with Gasteiger partial charge in [0.05, 0.1) is 6.04 Å². The average Bonchev–Trinajstić information content (AvgIpc) is 3.09. The zero-order valence-electron chi connectivity index (χ0n) is 15.7. The molecule has 1 aromatic heterocycles. The van der Waals surface area contributed by atoms with Gasteiger partial charge >= 0.3 is 0 Å². The van der Waals surface area contributed by atoms with Crippen molar-refractivity contribution in [1.29, 1.82) is 0 Å². The molecular formula is C19H33N5O. The van der Waals surface area contributed by atoms with Gasteiger partial charge in [0.2, 0.25) is 0 Å². The highest BCUT2D eigenvalue weighted by Crippen LogP contribution is 2.20. The van der Waals surface area contributed by atoms with Crippen molar-refractivity contribution in [2.45, 2.75) is 45.6 Å². The van der Waals surface area contributed by atoms with Crippen LogP contribution in [0.4, 0.5) is 0 Å². The lowest BCUT2D eigenvalue weighted by atomic mass is 9.92. The van der Waals surface area contributed by atoms with Crippen molar-refractivity contribution >= 4 is 5.91 Å². The second-order valence-corrected chi connectivity index (χ2v) is 8.00. The van der Waals surface area contributed by atoms with Crippen LogP contribution < -0.4 is 10.6 Å². The minimum absolute atomic E-state index is 0.0529. The first kappa shape index (κ1) is 18.4. The molecule has 6 heteroatoms. The fourth-order valence-corrected chi connectivity index (χ4v) is 4.29. The van der Waals surface area contributed by atoms with Gasteiger partial charge in [0, 0.05) is 32.4 Å². The quantitative estimate of drug-likeness (QED) is 0.772. The number of nitrogens with zero attached hydrogens (tertiary/aromatic N) is 3. The van der Waals surface area contributed by atoms with E-state index in [1.165, 1.54) is 25.9 Å². The van der Waals surface area contributed by atoms with Crippen molar-refractivity contribution < 1.29 is 4.79 Å². The predicted octanol–water partition coefficient (Wildman–Crippen LogP) is 1.91. The first-order chi connectivity index (χ1) is 12.1. The Morgan fingerprint density at radius 2 is 2.16 bits per heavy atom. The fourth-order valence-electron chi connectivity index (χ4n) is 4.29. The van der Waals surface area contributed by atoms with Crippen LogP contribution in [0.25, 0.3) is 0 Å². The van der Waals surface area contributed by atoms with Crippen LogP contribution in [0.2, 0.25) is 0 Å². The summed E-state index contributed by atoms with van der Waals surface area (Å²) in [6.45, 7) is 10.9. The van der Waals surface area contributed by atoms with Gasteiger partial charge in [-0.25, -0.2) is 0 Å². The number of hydrogen-bond donors (Lipinski definition) is 2. The van der Waals surface area contributed by atoms with Gasteiger partial charge < -0.3 is 15.5 Å². The first-order valence-electron chi connectivity index (χ1n) is 9.88. The predicted molar refractivity (Wildman–Crippen MR) is 99.7 cm³/mol. The highest BCUT2D eigenvalue weighted by atomic mass is 16.1. The molecule has 2 fully saturated rings. The number of carbonyl (C=O) groups excluding carboxylic acids is 1. The van der Waals surface area contributed by atoms with Gasteiger partial charge in [0.1, 0.15) is 5.69 Å². The molecule has 2 aliphatic rings. The third kappa shape index (κ3) is 5.28. The number of likely N-dealkylation sites (tertiary alicyclic amines) is 1. The second kappa shape index (κ2) is 8.81. The monoisotopic (exact) mass is 347 g/mol. The van der Waals surface area contributed by atoms with Crippen molar-refractivity contribution in [2.24, 2.45) is 11.8 Å². The highest BCUT2D eigenvalue weighted by molar-refractivity contribution is 5.92. The summed E-state index contributed by atoms with van der Waals surface area (Å²) in [5.74, 6) is 1.52. The zero-order valence-corrected chi connectivity index (χ0v) is 15.7. The van der Waals surface area contributed by atoms with E-state index in [4.69, 9.17) is 0 Å². The molecule has 6 nitrogen and oxygen atoms in total. The van der Waals surface area contributed by atoms with Gasteiger partial charge in [-0.05, 0) is 56.7 Å². The van der Waals surface area contributed by atoms with Crippen LogP contribution in [0.1, 0.15) is 56.1 Å². The van der Waals surface area contributed by atoms with Gasteiger partial charge in [0.25, 0.3) is 5.91 Å². The van der Waals surface area contributed by atoms with E-state index >= 15 is 0 Å². The average molecular weight is 348 g/mol. The molecule has 3 rings (SSSR count). The normalized spacial score (nSPS) is 28.0. The summed E-state index contributed by atoms with van der Waals surface area (Å²) in [6.07, 6.45) is 6.57. The molecule has 25 heavy (non-hydrogen) atoms. The van der Waals surface area contributed by atoms with Crippen molar-refractivity contribution in [1.82, 2.24) is 25.3 Å². The number of rotatable bonds is 6. The van der Waals surface area contributed by atoms with Gasteiger partial charge in [-0.3, -0.25) is 9.48 Å². The summed E-state index contributed by atoms with van der Waals surface area (Å²) in [5, 5.41) is 10.9. The zero-order chi connectivity index (χ0) is 17.6. The molecule has 0 aromatic carbocycles. The maximum absolute atomic E-state index is 12.3. The molecule has 1 aromatic rings. The number of carbonyl (C=O) groups is 1. The lowest BCUT2D eigenvalue weighted by molar-refractivity contribution is 0.0941. The van der Waals surface area contributed by atoms with Crippen LogP contribution in [0.5, 0.6) is 0 Å². The van der Waals surface area contributed by atoms with E-state index in [0.29, 0.717) is 11.7 Å². The van der Waals surface area contributed by atoms with Crippen LogP contribution in [-0.4, -0.2) is 59.9 Å². The summed E-state index contributed by atoms with van der Waals surface area (Å²) in [6, 6.07) is 2.20. The maximum atomic E-state index is 12.3.